The molecular weight excluding hydrogens is 322 g/mol. The largest absolute Gasteiger partial charge is 0.377 e. The lowest BCUT2D eigenvalue weighted by molar-refractivity contribution is -0.00549. The SMILES string of the molecule is Cn1ccnc1C(=O)N1CCOC[C@@H]1c1[nH]ncc1S(C)(=O)=O. The molecule has 23 heavy (non-hydrogen) atoms. The lowest BCUT2D eigenvalue weighted by Crippen LogP contribution is -2.44. The molecule has 124 valence electrons. The summed E-state index contributed by atoms with van der Waals surface area (Å²) in [5.74, 6) is 0.0113. The van der Waals surface area contributed by atoms with Crippen LogP contribution in [-0.4, -0.2) is 65.0 Å². The highest BCUT2D eigenvalue weighted by Gasteiger charge is 2.35. The number of nitrogens with zero attached hydrogens (tertiary/aromatic N) is 4. The van der Waals surface area contributed by atoms with Gasteiger partial charge in [-0.05, 0) is 0 Å². The Labute approximate surface area is 133 Å². The molecule has 0 radical (unpaired) electrons. The van der Waals surface area contributed by atoms with E-state index < -0.39 is 15.9 Å². The fourth-order valence-corrected chi connectivity index (χ4v) is 3.43. The van der Waals surface area contributed by atoms with E-state index in [-0.39, 0.29) is 23.2 Å². The summed E-state index contributed by atoms with van der Waals surface area (Å²) in [4.78, 5) is 18.5. The van der Waals surface area contributed by atoms with Gasteiger partial charge in [0.25, 0.3) is 5.91 Å². The van der Waals surface area contributed by atoms with Gasteiger partial charge in [-0.2, -0.15) is 5.10 Å². The maximum absolute atomic E-state index is 12.8. The standard InChI is InChI=1S/C13H17N5O4S/c1-17-4-3-14-12(17)13(19)18-5-6-22-8-9(18)11-10(7-15-16-11)23(2,20)21/h3-4,7,9H,5-6,8H2,1-2H3,(H,15,16)/t9-/m1/s1. The maximum atomic E-state index is 12.8. The molecule has 1 aliphatic heterocycles. The van der Waals surface area contributed by atoms with Crippen LogP contribution in [0.25, 0.3) is 0 Å². The Morgan fingerprint density at radius 2 is 2.26 bits per heavy atom. The molecule has 1 atom stereocenters. The molecule has 9 nitrogen and oxygen atoms in total. The van der Waals surface area contributed by atoms with E-state index in [0.29, 0.717) is 18.8 Å². The van der Waals surface area contributed by atoms with E-state index in [1.165, 1.54) is 6.20 Å². The summed E-state index contributed by atoms with van der Waals surface area (Å²) in [7, 11) is -1.73. The van der Waals surface area contributed by atoms with Gasteiger partial charge in [0.1, 0.15) is 4.90 Å². The number of hydrogen-bond acceptors (Lipinski definition) is 6. The fourth-order valence-electron chi connectivity index (χ4n) is 2.61. The Bertz CT molecular complexity index is 825. The summed E-state index contributed by atoms with van der Waals surface area (Å²) in [6, 6.07) is -0.555. The van der Waals surface area contributed by atoms with E-state index in [4.69, 9.17) is 4.74 Å². The highest BCUT2D eigenvalue weighted by atomic mass is 32.2. The molecule has 0 bridgehead atoms. The Morgan fingerprint density at radius 1 is 1.48 bits per heavy atom. The monoisotopic (exact) mass is 339 g/mol. The third-order valence-corrected chi connectivity index (χ3v) is 4.89. The van der Waals surface area contributed by atoms with Gasteiger partial charge in [0, 0.05) is 32.2 Å². The molecule has 0 saturated carbocycles. The first-order valence-electron chi connectivity index (χ1n) is 6.99. The Kier molecular flexibility index (Phi) is 3.94. The Hall–Kier alpha value is -2.20. The zero-order chi connectivity index (χ0) is 16.6. The zero-order valence-electron chi connectivity index (χ0n) is 12.8. The number of ether oxygens (including phenoxy) is 1. The van der Waals surface area contributed by atoms with Crippen LogP contribution in [0.1, 0.15) is 22.4 Å². The predicted octanol–water partition coefficient (Wildman–Crippen LogP) is -0.240. The highest BCUT2D eigenvalue weighted by Crippen LogP contribution is 2.28. The number of aromatic nitrogens is 4. The van der Waals surface area contributed by atoms with E-state index in [1.807, 2.05) is 0 Å². The number of imidazole rings is 1. The minimum atomic E-state index is -3.46. The zero-order valence-corrected chi connectivity index (χ0v) is 13.6. The number of sulfone groups is 1. The quantitative estimate of drug-likeness (QED) is 0.826. The van der Waals surface area contributed by atoms with Gasteiger partial charge in [0.2, 0.25) is 0 Å². The van der Waals surface area contributed by atoms with E-state index in [0.717, 1.165) is 6.26 Å². The van der Waals surface area contributed by atoms with Crippen molar-refractivity contribution < 1.29 is 17.9 Å². The van der Waals surface area contributed by atoms with Crippen LogP contribution in [0.5, 0.6) is 0 Å². The third-order valence-electron chi connectivity index (χ3n) is 3.77. The van der Waals surface area contributed by atoms with Crippen LogP contribution in [0.15, 0.2) is 23.5 Å². The average Bonchev–Trinajstić information content (AvgIpc) is 3.14. The van der Waals surface area contributed by atoms with Crippen LogP contribution in [0.3, 0.4) is 0 Å². The van der Waals surface area contributed by atoms with Gasteiger partial charge in [0.05, 0.1) is 31.1 Å². The first-order chi connectivity index (χ1) is 10.9. The van der Waals surface area contributed by atoms with E-state index in [9.17, 15) is 13.2 Å². The number of morpholine rings is 1. The number of rotatable bonds is 3. The third kappa shape index (κ3) is 2.86. The molecule has 2 aromatic rings. The van der Waals surface area contributed by atoms with Gasteiger partial charge >= 0.3 is 0 Å². The van der Waals surface area contributed by atoms with E-state index >= 15 is 0 Å². The average molecular weight is 339 g/mol. The molecule has 1 aliphatic rings. The summed E-state index contributed by atoms with van der Waals surface area (Å²) in [6.07, 6.45) is 5.58. The normalized spacial score (nSPS) is 19.0. The predicted molar refractivity (Wildman–Crippen MR) is 79.5 cm³/mol. The van der Waals surface area contributed by atoms with Crippen LogP contribution >= 0.6 is 0 Å². The summed E-state index contributed by atoms with van der Waals surface area (Å²) in [6.45, 7) is 0.925. The Morgan fingerprint density at radius 3 is 2.91 bits per heavy atom. The van der Waals surface area contributed by atoms with Crippen LogP contribution in [-0.2, 0) is 21.6 Å². The lowest BCUT2D eigenvalue weighted by Gasteiger charge is -2.35. The van der Waals surface area contributed by atoms with Crippen LogP contribution in [0, 0.1) is 0 Å². The molecule has 0 unspecified atom stereocenters. The molecule has 3 heterocycles. The smallest absolute Gasteiger partial charge is 0.290 e. The summed E-state index contributed by atoms with van der Waals surface area (Å²) in [5.41, 5.74) is 0.356. The number of H-pyrrole nitrogens is 1. The van der Waals surface area contributed by atoms with Crippen LogP contribution in [0.2, 0.25) is 0 Å². The number of aromatic amines is 1. The van der Waals surface area contributed by atoms with Gasteiger partial charge < -0.3 is 14.2 Å². The second-order valence-corrected chi connectivity index (χ2v) is 7.36. The van der Waals surface area contributed by atoms with Gasteiger partial charge in [-0.1, -0.05) is 0 Å². The number of carbonyl (C=O) groups is 1. The Balaban J connectivity index is 1.99. The van der Waals surface area contributed by atoms with Crippen LogP contribution < -0.4 is 0 Å². The molecule has 3 rings (SSSR count). The van der Waals surface area contributed by atoms with Gasteiger partial charge in [-0.3, -0.25) is 9.89 Å². The van der Waals surface area contributed by atoms with Crippen molar-refractivity contribution in [1.29, 1.82) is 0 Å². The molecule has 1 saturated heterocycles. The number of carbonyl (C=O) groups excluding carboxylic acids is 1. The van der Waals surface area contributed by atoms with Crippen molar-refractivity contribution in [3.8, 4) is 0 Å². The summed E-state index contributed by atoms with van der Waals surface area (Å²) < 4.78 is 30.9. The summed E-state index contributed by atoms with van der Waals surface area (Å²) in [5, 5.41) is 6.52. The molecule has 0 aromatic carbocycles. The second kappa shape index (κ2) is 5.78. The molecule has 2 aromatic heterocycles. The minimum absolute atomic E-state index is 0.0747. The first kappa shape index (κ1) is 15.7. The second-order valence-electron chi connectivity index (χ2n) is 5.37. The molecule has 0 aliphatic carbocycles. The van der Waals surface area contributed by atoms with Gasteiger partial charge in [-0.15, -0.1) is 0 Å². The molecule has 0 spiro atoms. The maximum Gasteiger partial charge on any atom is 0.290 e. The minimum Gasteiger partial charge on any atom is -0.377 e. The van der Waals surface area contributed by atoms with Crippen molar-refractivity contribution >= 4 is 15.7 Å². The number of aryl methyl sites for hydroxylation is 1. The fraction of sp³-hybridized carbons (Fsp3) is 0.462. The number of nitrogens with one attached hydrogen (secondary N) is 1. The van der Waals surface area contributed by atoms with Crippen molar-refractivity contribution in [3.05, 3.63) is 30.1 Å². The van der Waals surface area contributed by atoms with Crippen LogP contribution in [0.4, 0.5) is 0 Å². The molecular formula is C13H17N5O4S. The summed E-state index contributed by atoms with van der Waals surface area (Å²) >= 11 is 0. The van der Waals surface area contributed by atoms with E-state index in [1.54, 1.807) is 28.9 Å². The highest BCUT2D eigenvalue weighted by molar-refractivity contribution is 7.90. The van der Waals surface area contributed by atoms with Gasteiger partial charge in [-0.25, -0.2) is 13.4 Å². The molecule has 1 fully saturated rings. The topological polar surface area (TPSA) is 110 Å². The number of amides is 1. The molecule has 1 N–H and O–H groups in total. The first-order valence-corrected chi connectivity index (χ1v) is 8.88. The van der Waals surface area contributed by atoms with Crippen molar-refractivity contribution in [1.82, 2.24) is 24.6 Å². The van der Waals surface area contributed by atoms with Crippen molar-refractivity contribution in [3.63, 3.8) is 0 Å². The van der Waals surface area contributed by atoms with Crippen molar-refractivity contribution in [2.45, 2.75) is 10.9 Å². The lowest BCUT2D eigenvalue weighted by atomic mass is 10.1. The van der Waals surface area contributed by atoms with Gasteiger partial charge in [0.15, 0.2) is 15.7 Å². The van der Waals surface area contributed by atoms with Crippen molar-refractivity contribution in [2.24, 2.45) is 7.05 Å². The van der Waals surface area contributed by atoms with Crippen molar-refractivity contribution in [2.75, 3.05) is 26.0 Å². The molecule has 10 heteroatoms. The number of hydrogen-bond donors (Lipinski definition) is 1. The van der Waals surface area contributed by atoms with E-state index in [2.05, 4.69) is 15.2 Å². The molecule has 1 amide bonds.